The summed E-state index contributed by atoms with van der Waals surface area (Å²) in [4.78, 5) is 0. The summed E-state index contributed by atoms with van der Waals surface area (Å²) in [7, 11) is 0. The van der Waals surface area contributed by atoms with Crippen LogP contribution in [-0.4, -0.2) is 0 Å². The average molecular weight is 253 g/mol. The molecule has 3 rings (SSSR count). The van der Waals surface area contributed by atoms with Gasteiger partial charge in [0.2, 0.25) is 0 Å². The summed E-state index contributed by atoms with van der Waals surface area (Å²) in [5.74, 6) is 0. The molecule has 18 heavy (non-hydrogen) atoms. The molecular weight excluding hydrogens is 238 g/mol. The second kappa shape index (κ2) is 4.56. The van der Waals surface area contributed by atoms with Crippen LogP contribution in [0.15, 0.2) is 47.8 Å². The molecule has 2 N–H and O–H groups in total. The molecule has 0 fully saturated rings. The fraction of sp³-hybridized carbons (Fsp3) is 0.125. The molecule has 90 valence electrons. The van der Waals surface area contributed by atoms with Gasteiger partial charge in [0.1, 0.15) is 0 Å². The topological polar surface area (TPSA) is 26.0 Å². The number of benzene rings is 2. The minimum atomic E-state index is 0.602. The Morgan fingerprint density at radius 1 is 1.06 bits per heavy atom. The third-order valence-electron chi connectivity index (χ3n) is 3.30. The average Bonchev–Trinajstić information content (AvgIpc) is 2.87. The van der Waals surface area contributed by atoms with E-state index in [0.717, 1.165) is 0 Å². The van der Waals surface area contributed by atoms with Crippen LogP contribution in [0.3, 0.4) is 0 Å². The van der Waals surface area contributed by atoms with E-state index in [1.165, 1.54) is 32.3 Å². The van der Waals surface area contributed by atoms with Gasteiger partial charge in [0.25, 0.3) is 0 Å². The Morgan fingerprint density at radius 3 is 2.72 bits per heavy atom. The second-order valence-electron chi connectivity index (χ2n) is 4.50. The van der Waals surface area contributed by atoms with Gasteiger partial charge in [-0.25, -0.2) is 0 Å². The van der Waals surface area contributed by atoms with Crippen molar-refractivity contribution in [3.05, 3.63) is 59.0 Å². The van der Waals surface area contributed by atoms with Crippen LogP contribution in [0.5, 0.6) is 0 Å². The van der Waals surface area contributed by atoms with Crippen molar-refractivity contribution in [1.29, 1.82) is 0 Å². The predicted octanol–water partition coefficient (Wildman–Crippen LogP) is 4.34. The molecule has 0 bridgehead atoms. The van der Waals surface area contributed by atoms with Crippen LogP contribution in [0.25, 0.3) is 21.2 Å². The monoisotopic (exact) mass is 253 g/mol. The summed E-state index contributed by atoms with van der Waals surface area (Å²) >= 11 is 1.80. The van der Waals surface area contributed by atoms with E-state index in [1.807, 2.05) is 0 Å². The maximum absolute atomic E-state index is 5.68. The van der Waals surface area contributed by atoms with E-state index in [4.69, 9.17) is 5.73 Å². The summed E-state index contributed by atoms with van der Waals surface area (Å²) in [5, 5.41) is 3.47. The third kappa shape index (κ3) is 1.84. The van der Waals surface area contributed by atoms with Crippen LogP contribution >= 0.6 is 11.3 Å². The number of hydrogen-bond acceptors (Lipinski definition) is 2. The van der Waals surface area contributed by atoms with Gasteiger partial charge in [0.05, 0.1) is 0 Å². The summed E-state index contributed by atoms with van der Waals surface area (Å²) in [6.45, 7) is 2.76. The number of thiophene rings is 1. The fourth-order valence-corrected chi connectivity index (χ4v) is 3.29. The second-order valence-corrected chi connectivity index (χ2v) is 5.41. The number of fused-ring (bicyclic) bond motifs is 1. The summed E-state index contributed by atoms with van der Waals surface area (Å²) in [5.41, 5.74) is 10.8. The number of nitrogens with two attached hydrogens (primary N) is 1. The van der Waals surface area contributed by atoms with E-state index in [9.17, 15) is 0 Å². The smallest absolute Gasteiger partial charge is 0.0421 e. The largest absolute Gasteiger partial charge is 0.326 e. The normalized spacial score (nSPS) is 11.0. The molecule has 0 saturated carbocycles. The van der Waals surface area contributed by atoms with Gasteiger partial charge in [-0.1, -0.05) is 36.4 Å². The molecule has 2 aromatic carbocycles. The van der Waals surface area contributed by atoms with Gasteiger partial charge in [0, 0.05) is 11.2 Å². The molecule has 0 radical (unpaired) electrons. The van der Waals surface area contributed by atoms with E-state index in [1.54, 1.807) is 11.3 Å². The molecule has 1 aromatic heterocycles. The van der Waals surface area contributed by atoms with E-state index in [0.29, 0.717) is 6.54 Å². The first-order chi connectivity index (χ1) is 8.79. The standard InChI is InChI=1S/C16H15NS/c1-11-9-12(10-17)5-6-14(11)15-4-2-3-13-7-8-18-16(13)15/h2-9H,10,17H2,1H3. The van der Waals surface area contributed by atoms with Crippen molar-refractivity contribution >= 4 is 21.4 Å². The summed E-state index contributed by atoms with van der Waals surface area (Å²) in [6.07, 6.45) is 0. The van der Waals surface area contributed by atoms with Gasteiger partial charge in [0.15, 0.2) is 0 Å². The quantitative estimate of drug-likeness (QED) is 0.722. The van der Waals surface area contributed by atoms with Crippen LogP contribution < -0.4 is 5.73 Å². The molecule has 1 heterocycles. The van der Waals surface area contributed by atoms with Crippen LogP contribution in [0.1, 0.15) is 11.1 Å². The Bertz CT molecular complexity index is 697. The molecule has 0 spiro atoms. The van der Waals surface area contributed by atoms with Crippen molar-refractivity contribution < 1.29 is 0 Å². The van der Waals surface area contributed by atoms with Crippen molar-refractivity contribution in [3.8, 4) is 11.1 Å². The highest BCUT2D eigenvalue weighted by atomic mass is 32.1. The van der Waals surface area contributed by atoms with Crippen LogP contribution in [0.2, 0.25) is 0 Å². The molecular formula is C16H15NS. The van der Waals surface area contributed by atoms with Gasteiger partial charge in [-0.2, -0.15) is 0 Å². The highest BCUT2D eigenvalue weighted by Gasteiger charge is 2.07. The number of rotatable bonds is 2. The van der Waals surface area contributed by atoms with Crippen molar-refractivity contribution in [2.75, 3.05) is 0 Å². The first kappa shape index (κ1) is 11.5. The molecule has 0 aliphatic heterocycles. The van der Waals surface area contributed by atoms with Gasteiger partial charge in [-0.15, -0.1) is 11.3 Å². The van der Waals surface area contributed by atoms with Gasteiger partial charge in [-0.3, -0.25) is 0 Å². The van der Waals surface area contributed by atoms with Crippen LogP contribution in [0.4, 0.5) is 0 Å². The van der Waals surface area contributed by atoms with Crippen molar-refractivity contribution in [2.24, 2.45) is 5.73 Å². The summed E-state index contributed by atoms with van der Waals surface area (Å²) < 4.78 is 1.36. The van der Waals surface area contributed by atoms with Crippen LogP contribution in [-0.2, 0) is 6.54 Å². The Morgan fingerprint density at radius 2 is 1.94 bits per heavy atom. The Labute approximate surface area is 111 Å². The van der Waals surface area contributed by atoms with Crippen molar-refractivity contribution in [3.63, 3.8) is 0 Å². The molecule has 0 aliphatic carbocycles. The lowest BCUT2D eigenvalue weighted by Gasteiger charge is -2.09. The Hall–Kier alpha value is -1.64. The predicted molar refractivity (Wildman–Crippen MR) is 79.9 cm³/mol. The molecule has 0 unspecified atom stereocenters. The summed E-state index contributed by atoms with van der Waals surface area (Å²) in [6, 6.07) is 15.2. The van der Waals surface area contributed by atoms with Gasteiger partial charge >= 0.3 is 0 Å². The lowest BCUT2D eigenvalue weighted by atomic mass is 9.97. The minimum absolute atomic E-state index is 0.602. The number of aryl methyl sites for hydroxylation is 1. The van der Waals surface area contributed by atoms with Crippen molar-refractivity contribution in [1.82, 2.24) is 0 Å². The molecule has 0 aliphatic rings. The molecule has 3 aromatic rings. The van der Waals surface area contributed by atoms with Gasteiger partial charge in [-0.05, 0) is 46.0 Å². The first-order valence-electron chi connectivity index (χ1n) is 6.06. The van der Waals surface area contributed by atoms with Crippen LogP contribution in [0, 0.1) is 6.92 Å². The first-order valence-corrected chi connectivity index (χ1v) is 6.94. The maximum Gasteiger partial charge on any atom is 0.0421 e. The van der Waals surface area contributed by atoms with Gasteiger partial charge < -0.3 is 5.73 Å². The van der Waals surface area contributed by atoms with E-state index < -0.39 is 0 Å². The maximum atomic E-state index is 5.68. The van der Waals surface area contributed by atoms with E-state index in [2.05, 4.69) is 54.8 Å². The SMILES string of the molecule is Cc1cc(CN)ccc1-c1cccc2ccsc12. The lowest BCUT2D eigenvalue weighted by molar-refractivity contribution is 1.07. The molecule has 1 nitrogen and oxygen atoms in total. The molecule has 0 amide bonds. The van der Waals surface area contributed by atoms with Crippen molar-refractivity contribution in [2.45, 2.75) is 13.5 Å². The van der Waals surface area contributed by atoms with E-state index in [-0.39, 0.29) is 0 Å². The minimum Gasteiger partial charge on any atom is -0.326 e. The molecule has 2 heteroatoms. The van der Waals surface area contributed by atoms with E-state index >= 15 is 0 Å². The highest BCUT2D eigenvalue weighted by molar-refractivity contribution is 7.17. The zero-order valence-electron chi connectivity index (χ0n) is 10.3. The zero-order valence-corrected chi connectivity index (χ0v) is 11.1. The Kier molecular flexibility index (Phi) is 2.90. The highest BCUT2D eigenvalue weighted by Crippen LogP contribution is 2.34. The Balaban J connectivity index is 2.23. The fourth-order valence-electron chi connectivity index (χ4n) is 2.36. The molecule has 0 atom stereocenters. The zero-order chi connectivity index (χ0) is 12.5. The lowest BCUT2D eigenvalue weighted by Crippen LogP contribution is -1.97. The molecule has 0 saturated heterocycles. The third-order valence-corrected chi connectivity index (χ3v) is 4.26. The number of hydrogen-bond donors (Lipinski definition) is 1.